The lowest BCUT2D eigenvalue weighted by Gasteiger charge is -2.30. The molecule has 0 heterocycles. The van der Waals surface area contributed by atoms with Gasteiger partial charge in [-0.15, -0.1) is 0 Å². The van der Waals surface area contributed by atoms with Gasteiger partial charge in [-0.25, -0.2) is 0 Å². The van der Waals surface area contributed by atoms with Gasteiger partial charge >= 0.3 is 0 Å². The SMILES string of the molecule is CC(NC1CCCC1)C1CCCCC1. The van der Waals surface area contributed by atoms with Crippen LogP contribution in [0.3, 0.4) is 0 Å². The maximum atomic E-state index is 3.85. The van der Waals surface area contributed by atoms with E-state index >= 15 is 0 Å². The number of hydrogen-bond donors (Lipinski definition) is 1. The van der Waals surface area contributed by atoms with Gasteiger partial charge in [-0.3, -0.25) is 0 Å². The fourth-order valence-corrected chi connectivity index (χ4v) is 3.23. The van der Waals surface area contributed by atoms with Crippen molar-refractivity contribution in [3.05, 3.63) is 0 Å². The van der Waals surface area contributed by atoms with E-state index in [1.54, 1.807) is 0 Å². The van der Waals surface area contributed by atoms with Crippen molar-refractivity contribution in [3.63, 3.8) is 0 Å². The van der Waals surface area contributed by atoms with Crippen LogP contribution in [0.4, 0.5) is 0 Å². The van der Waals surface area contributed by atoms with Crippen molar-refractivity contribution in [2.45, 2.75) is 76.8 Å². The fraction of sp³-hybridized carbons (Fsp3) is 1.00. The van der Waals surface area contributed by atoms with Gasteiger partial charge in [0, 0.05) is 12.1 Å². The first-order chi connectivity index (χ1) is 6.86. The third-order valence-electron chi connectivity index (χ3n) is 4.21. The summed E-state index contributed by atoms with van der Waals surface area (Å²) in [5.74, 6) is 0.976. The molecule has 1 unspecified atom stereocenters. The molecule has 0 amide bonds. The highest BCUT2D eigenvalue weighted by molar-refractivity contribution is 4.81. The van der Waals surface area contributed by atoms with E-state index in [1.807, 2.05) is 0 Å². The highest BCUT2D eigenvalue weighted by atomic mass is 15.0. The van der Waals surface area contributed by atoms with Gasteiger partial charge in [-0.2, -0.15) is 0 Å². The van der Waals surface area contributed by atoms with Crippen molar-refractivity contribution in [1.82, 2.24) is 5.32 Å². The summed E-state index contributed by atoms with van der Waals surface area (Å²) in [4.78, 5) is 0. The molecule has 1 heteroatoms. The van der Waals surface area contributed by atoms with Gasteiger partial charge in [0.2, 0.25) is 0 Å². The molecule has 2 fully saturated rings. The van der Waals surface area contributed by atoms with Crippen molar-refractivity contribution in [2.24, 2.45) is 5.92 Å². The topological polar surface area (TPSA) is 12.0 Å². The Morgan fingerprint density at radius 2 is 1.43 bits per heavy atom. The van der Waals surface area contributed by atoms with Crippen molar-refractivity contribution in [2.75, 3.05) is 0 Å². The Morgan fingerprint density at radius 3 is 2.07 bits per heavy atom. The molecule has 1 nitrogen and oxygen atoms in total. The normalized spacial score (nSPS) is 28.1. The molecule has 82 valence electrons. The molecular weight excluding hydrogens is 170 g/mol. The second kappa shape index (κ2) is 5.16. The first kappa shape index (κ1) is 10.5. The van der Waals surface area contributed by atoms with Crippen molar-refractivity contribution in [1.29, 1.82) is 0 Å². The van der Waals surface area contributed by atoms with E-state index in [0.29, 0.717) is 0 Å². The van der Waals surface area contributed by atoms with Crippen LogP contribution >= 0.6 is 0 Å². The van der Waals surface area contributed by atoms with E-state index < -0.39 is 0 Å². The summed E-state index contributed by atoms with van der Waals surface area (Å²) < 4.78 is 0. The Balaban J connectivity index is 1.72. The lowest BCUT2D eigenvalue weighted by Crippen LogP contribution is -2.40. The van der Waals surface area contributed by atoms with Gasteiger partial charge in [-0.05, 0) is 38.5 Å². The van der Waals surface area contributed by atoms with Gasteiger partial charge in [0.1, 0.15) is 0 Å². The maximum absolute atomic E-state index is 3.85. The first-order valence-electron chi connectivity index (χ1n) is 6.62. The Hall–Kier alpha value is -0.0400. The summed E-state index contributed by atoms with van der Waals surface area (Å²) in [5.41, 5.74) is 0. The molecule has 2 aliphatic carbocycles. The standard InChI is InChI=1S/C13H25N/c1-11(12-7-3-2-4-8-12)14-13-9-5-6-10-13/h11-14H,2-10H2,1H3. The predicted molar refractivity (Wildman–Crippen MR) is 61.4 cm³/mol. The molecule has 2 aliphatic rings. The molecule has 0 aliphatic heterocycles. The minimum absolute atomic E-state index is 0.776. The second-order valence-corrected chi connectivity index (χ2v) is 5.33. The third kappa shape index (κ3) is 2.73. The average Bonchev–Trinajstić information content (AvgIpc) is 2.72. The van der Waals surface area contributed by atoms with Crippen LogP contribution in [-0.4, -0.2) is 12.1 Å². The van der Waals surface area contributed by atoms with Crippen molar-refractivity contribution in [3.8, 4) is 0 Å². The molecular formula is C13H25N. The van der Waals surface area contributed by atoms with Gasteiger partial charge in [0.15, 0.2) is 0 Å². The highest BCUT2D eigenvalue weighted by Crippen LogP contribution is 2.27. The zero-order chi connectivity index (χ0) is 9.80. The Kier molecular flexibility index (Phi) is 3.86. The second-order valence-electron chi connectivity index (χ2n) is 5.33. The summed E-state index contributed by atoms with van der Waals surface area (Å²) in [7, 11) is 0. The molecule has 1 N–H and O–H groups in total. The molecule has 0 saturated heterocycles. The molecule has 0 bridgehead atoms. The van der Waals surface area contributed by atoms with Crippen LogP contribution in [0.2, 0.25) is 0 Å². The lowest BCUT2D eigenvalue weighted by molar-refractivity contribution is 0.264. The summed E-state index contributed by atoms with van der Waals surface area (Å²) in [6, 6.07) is 1.63. The summed E-state index contributed by atoms with van der Waals surface area (Å²) in [6.45, 7) is 2.41. The molecule has 0 spiro atoms. The minimum Gasteiger partial charge on any atom is -0.311 e. The largest absolute Gasteiger partial charge is 0.311 e. The predicted octanol–water partition coefficient (Wildman–Crippen LogP) is 3.49. The van der Waals surface area contributed by atoms with Crippen LogP contribution in [0.25, 0.3) is 0 Å². The fourth-order valence-electron chi connectivity index (χ4n) is 3.23. The minimum atomic E-state index is 0.776. The average molecular weight is 195 g/mol. The molecule has 0 aromatic heterocycles. The monoisotopic (exact) mass is 195 g/mol. The third-order valence-corrected chi connectivity index (χ3v) is 4.21. The van der Waals surface area contributed by atoms with Crippen LogP contribution in [0, 0.1) is 5.92 Å². The van der Waals surface area contributed by atoms with Crippen LogP contribution in [-0.2, 0) is 0 Å². The summed E-state index contributed by atoms with van der Waals surface area (Å²) in [5, 5.41) is 3.85. The molecule has 0 radical (unpaired) electrons. The van der Waals surface area contributed by atoms with Gasteiger partial charge in [-0.1, -0.05) is 32.1 Å². The van der Waals surface area contributed by atoms with E-state index in [2.05, 4.69) is 12.2 Å². The molecule has 14 heavy (non-hydrogen) atoms. The van der Waals surface area contributed by atoms with Gasteiger partial charge in [0.25, 0.3) is 0 Å². The quantitative estimate of drug-likeness (QED) is 0.727. The molecule has 0 aromatic carbocycles. The van der Waals surface area contributed by atoms with Crippen LogP contribution in [0.5, 0.6) is 0 Å². The van der Waals surface area contributed by atoms with Crippen LogP contribution < -0.4 is 5.32 Å². The zero-order valence-electron chi connectivity index (χ0n) is 9.60. The first-order valence-corrected chi connectivity index (χ1v) is 6.62. The highest BCUT2D eigenvalue weighted by Gasteiger charge is 2.23. The van der Waals surface area contributed by atoms with Crippen molar-refractivity contribution < 1.29 is 0 Å². The Labute approximate surface area is 88.7 Å². The number of rotatable bonds is 3. The number of hydrogen-bond acceptors (Lipinski definition) is 1. The zero-order valence-corrected chi connectivity index (χ0v) is 9.60. The molecule has 0 aromatic rings. The summed E-state index contributed by atoms with van der Waals surface area (Å²) >= 11 is 0. The van der Waals surface area contributed by atoms with E-state index in [4.69, 9.17) is 0 Å². The van der Waals surface area contributed by atoms with Crippen molar-refractivity contribution >= 4 is 0 Å². The van der Waals surface area contributed by atoms with Crippen LogP contribution in [0.15, 0.2) is 0 Å². The van der Waals surface area contributed by atoms with E-state index in [9.17, 15) is 0 Å². The lowest BCUT2D eigenvalue weighted by atomic mass is 9.84. The number of nitrogens with one attached hydrogen (secondary N) is 1. The Bertz CT molecular complexity index is 155. The van der Waals surface area contributed by atoms with E-state index in [-0.39, 0.29) is 0 Å². The van der Waals surface area contributed by atoms with E-state index in [0.717, 1.165) is 18.0 Å². The van der Waals surface area contributed by atoms with Crippen LogP contribution in [0.1, 0.15) is 64.7 Å². The molecule has 2 rings (SSSR count). The molecule has 2 saturated carbocycles. The van der Waals surface area contributed by atoms with Gasteiger partial charge in [0.05, 0.1) is 0 Å². The van der Waals surface area contributed by atoms with Gasteiger partial charge < -0.3 is 5.32 Å². The van der Waals surface area contributed by atoms with E-state index in [1.165, 1.54) is 57.8 Å². The summed E-state index contributed by atoms with van der Waals surface area (Å²) in [6.07, 6.45) is 13.1. The Morgan fingerprint density at radius 1 is 0.857 bits per heavy atom. The smallest absolute Gasteiger partial charge is 0.00696 e. The maximum Gasteiger partial charge on any atom is 0.00696 e. The molecule has 1 atom stereocenters.